The summed E-state index contributed by atoms with van der Waals surface area (Å²) in [6, 6.07) is 7.24. The molecule has 1 aromatic rings. The van der Waals surface area contributed by atoms with E-state index >= 15 is 0 Å². The van der Waals surface area contributed by atoms with Gasteiger partial charge in [0.15, 0.2) is 0 Å². The summed E-state index contributed by atoms with van der Waals surface area (Å²) in [6.45, 7) is 1.64. The summed E-state index contributed by atoms with van der Waals surface area (Å²) in [7, 11) is -2.58. The van der Waals surface area contributed by atoms with Crippen LogP contribution in [-0.2, 0) is 14.9 Å². The molecule has 0 unspecified atom stereocenters. The average molecular weight is 373 g/mol. The molecule has 1 aromatic carbocycles. The number of carbonyl (C=O) groups excluding carboxylic acids is 1. The Hall–Kier alpha value is -1.42. The Morgan fingerprint density at radius 1 is 1.35 bits per heavy atom. The highest BCUT2D eigenvalue weighted by atomic mass is 32.2. The molecule has 124 valence electrons. The minimum atomic E-state index is -4.15. The highest BCUT2D eigenvalue weighted by Gasteiger charge is 2.34. The van der Waals surface area contributed by atoms with Gasteiger partial charge < -0.3 is 4.74 Å². The van der Waals surface area contributed by atoms with Crippen LogP contribution in [0.15, 0.2) is 29.2 Å². The predicted molar refractivity (Wildman–Crippen MR) is 93.9 cm³/mol. The first-order valence-corrected chi connectivity index (χ1v) is 9.40. The van der Waals surface area contributed by atoms with E-state index in [2.05, 4.69) is 0 Å². The lowest BCUT2D eigenvalue weighted by atomic mass is 10.1. The molecule has 9 heteroatoms. The summed E-state index contributed by atoms with van der Waals surface area (Å²) in [5.74, 6) is -0.187. The number of carbonyl (C=O) groups is 1. The van der Waals surface area contributed by atoms with Gasteiger partial charge >= 0.3 is 0 Å². The number of nitrogens with zero attached hydrogens (tertiary/aromatic N) is 1. The van der Waals surface area contributed by atoms with Crippen LogP contribution in [0.4, 0.5) is 0 Å². The molecule has 1 saturated heterocycles. The summed E-state index contributed by atoms with van der Waals surface area (Å²) in [5.41, 5.74) is 1.60. The molecule has 0 bridgehead atoms. The molecular weight excluding hydrogens is 358 g/mol. The van der Waals surface area contributed by atoms with E-state index in [1.165, 1.54) is 4.90 Å². The van der Waals surface area contributed by atoms with Gasteiger partial charge in [0.25, 0.3) is 16.0 Å². The van der Waals surface area contributed by atoms with Crippen LogP contribution in [0, 0.1) is 0 Å². The molecule has 1 amide bonds. The van der Waals surface area contributed by atoms with Gasteiger partial charge in [-0.2, -0.15) is 8.42 Å². The molecule has 2 rings (SSSR count). The van der Waals surface area contributed by atoms with Crippen LogP contribution in [0.25, 0.3) is 5.57 Å². The Morgan fingerprint density at radius 2 is 1.96 bits per heavy atom. The van der Waals surface area contributed by atoms with Gasteiger partial charge in [0.1, 0.15) is 10.1 Å². The molecule has 6 nitrogen and oxygen atoms in total. The highest BCUT2D eigenvalue weighted by molar-refractivity contribution is 8.26. The number of hydrogen-bond donors (Lipinski definition) is 1. The zero-order chi connectivity index (χ0) is 17.2. The minimum Gasteiger partial charge on any atom is -0.497 e. The maximum absolute atomic E-state index is 12.4. The van der Waals surface area contributed by atoms with Gasteiger partial charge in [-0.3, -0.25) is 14.2 Å². The lowest BCUT2D eigenvalue weighted by molar-refractivity contribution is -0.121. The van der Waals surface area contributed by atoms with E-state index in [4.69, 9.17) is 21.5 Å². The third kappa shape index (κ3) is 4.31. The van der Waals surface area contributed by atoms with Crippen molar-refractivity contribution in [2.45, 2.75) is 6.92 Å². The van der Waals surface area contributed by atoms with Crippen molar-refractivity contribution in [3.8, 4) is 5.75 Å². The smallest absolute Gasteiger partial charge is 0.266 e. The summed E-state index contributed by atoms with van der Waals surface area (Å²) in [6.07, 6.45) is 0. The zero-order valence-corrected chi connectivity index (χ0v) is 14.9. The summed E-state index contributed by atoms with van der Waals surface area (Å²) >= 11 is 6.25. The number of hydrogen-bond acceptors (Lipinski definition) is 6. The largest absolute Gasteiger partial charge is 0.497 e. The summed E-state index contributed by atoms with van der Waals surface area (Å²) in [5, 5.41) is 0. The van der Waals surface area contributed by atoms with Crippen molar-refractivity contribution in [3.05, 3.63) is 34.7 Å². The fourth-order valence-electron chi connectivity index (χ4n) is 2.00. The molecule has 0 radical (unpaired) electrons. The molecule has 1 fully saturated rings. The molecular formula is C14H15NO5S3. The first-order chi connectivity index (χ1) is 10.7. The maximum atomic E-state index is 12.4. The third-order valence-electron chi connectivity index (χ3n) is 3.29. The zero-order valence-electron chi connectivity index (χ0n) is 12.5. The van der Waals surface area contributed by atoms with E-state index in [0.717, 1.165) is 22.9 Å². The molecule has 0 atom stereocenters. The van der Waals surface area contributed by atoms with Gasteiger partial charge in [-0.1, -0.05) is 36.1 Å². The second-order valence-electron chi connectivity index (χ2n) is 4.79. The third-order valence-corrected chi connectivity index (χ3v) is 5.53. The number of thiocarbonyl (C=S) groups is 1. The van der Waals surface area contributed by atoms with Gasteiger partial charge in [-0.05, 0) is 30.2 Å². The number of benzene rings is 1. The van der Waals surface area contributed by atoms with Crippen LogP contribution in [0.1, 0.15) is 12.5 Å². The Labute approximate surface area is 144 Å². The normalized spacial score (nSPS) is 17.6. The van der Waals surface area contributed by atoms with Gasteiger partial charge in [0, 0.05) is 6.54 Å². The number of rotatable bonds is 5. The molecule has 1 N–H and O–H groups in total. The average Bonchev–Trinajstić information content (AvgIpc) is 2.78. The second kappa shape index (κ2) is 7.00. The van der Waals surface area contributed by atoms with Gasteiger partial charge in [-0.15, -0.1) is 0 Å². The Morgan fingerprint density at radius 3 is 2.48 bits per heavy atom. The first kappa shape index (κ1) is 17.9. The number of amides is 1. The highest BCUT2D eigenvalue weighted by Crippen LogP contribution is 2.36. The van der Waals surface area contributed by atoms with Crippen LogP contribution in [-0.4, -0.2) is 47.5 Å². The quantitative estimate of drug-likeness (QED) is 0.481. The van der Waals surface area contributed by atoms with E-state index in [0.29, 0.717) is 10.7 Å². The molecule has 1 heterocycles. The van der Waals surface area contributed by atoms with E-state index < -0.39 is 15.9 Å². The maximum Gasteiger partial charge on any atom is 0.266 e. The predicted octanol–water partition coefficient (Wildman–Crippen LogP) is 2.17. The van der Waals surface area contributed by atoms with E-state index in [9.17, 15) is 13.2 Å². The van der Waals surface area contributed by atoms with Crippen LogP contribution in [0.2, 0.25) is 0 Å². The number of allylic oxidation sites excluding steroid dienone is 1. The second-order valence-corrected chi connectivity index (χ2v) is 8.01. The molecule has 23 heavy (non-hydrogen) atoms. The van der Waals surface area contributed by atoms with Crippen LogP contribution < -0.4 is 4.74 Å². The Balaban J connectivity index is 2.25. The molecule has 1 aliphatic rings. The first-order valence-electron chi connectivity index (χ1n) is 6.57. The summed E-state index contributed by atoms with van der Waals surface area (Å²) in [4.78, 5) is 14.1. The van der Waals surface area contributed by atoms with Crippen molar-refractivity contribution >= 4 is 49.9 Å². The van der Waals surface area contributed by atoms with Crippen molar-refractivity contribution in [1.29, 1.82) is 0 Å². The molecule has 1 aliphatic heterocycles. The van der Waals surface area contributed by atoms with Crippen LogP contribution in [0.5, 0.6) is 5.75 Å². The van der Waals surface area contributed by atoms with E-state index in [1.807, 2.05) is 12.1 Å². The number of ether oxygens (including phenoxy) is 1. The van der Waals surface area contributed by atoms with Gasteiger partial charge in [0.05, 0.1) is 17.8 Å². The molecule has 0 saturated carbocycles. The van der Waals surface area contributed by atoms with Crippen LogP contribution >= 0.6 is 24.0 Å². The topological polar surface area (TPSA) is 83.9 Å². The van der Waals surface area contributed by atoms with Crippen molar-refractivity contribution in [1.82, 2.24) is 4.90 Å². The SMILES string of the molecule is COc1ccc(/C(C)=C2\SC(=S)N(CCS(=O)(=O)O)C2=O)cc1. The summed E-state index contributed by atoms with van der Waals surface area (Å²) < 4.78 is 35.9. The van der Waals surface area contributed by atoms with Gasteiger partial charge in [-0.25, -0.2) is 0 Å². The van der Waals surface area contributed by atoms with Crippen LogP contribution in [0.3, 0.4) is 0 Å². The minimum absolute atomic E-state index is 0.164. The number of thioether (sulfide) groups is 1. The van der Waals surface area contributed by atoms with Crippen molar-refractivity contribution < 1.29 is 22.5 Å². The fourth-order valence-corrected chi connectivity index (χ4v) is 3.77. The molecule has 0 aliphatic carbocycles. The molecule has 0 spiro atoms. The lowest BCUT2D eigenvalue weighted by Gasteiger charge is -2.13. The van der Waals surface area contributed by atoms with Crippen molar-refractivity contribution in [2.24, 2.45) is 0 Å². The molecule has 0 aromatic heterocycles. The lowest BCUT2D eigenvalue weighted by Crippen LogP contribution is -2.32. The monoisotopic (exact) mass is 373 g/mol. The standard InChI is InChI=1S/C14H15NO5S3/c1-9(10-3-5-11(20-2)6-4-10)12-13(16)15(14(21)22-12)7-8-23(17,18)19/h3-6H,7-8H2,1-2H3,(H,17,18,19)/b12-9-. The fraction of sp³-hybridized carbons (Fsp3) is 0.286. The Bertz CT molecular complexity index is 768. The van der Waals surface area contributed by atoms with E-state index in [1.54, 1.807) is 26.2 Å². The Kier molecular flexibility index (Phi) is 5.45. The van der Waals surface area contributed by atoms with Crippen molar-refractivity contribution in [3.63, 3.8) is 0 Å². The van der Waals surface area contributed by atoms with Gasteiger partial charge in [0.2, 0.25) is 0 Å². The van der Waals surface area contributed by atoms with E-state index in [-0.39, 0.29) is 16.8 Å². The van der Waals surface area contributed by atoms with Crippen molar-refractivity contribution in [2.75, 3.05) is 19.4 Å². The number of methoxy groups -OCH3 is 1.